The van der Waals surface area contributed by atoms with Crippen LogP contribution in [0.2, 0.25) is 0 Å². The number of nitrogens with one attached hydrogen (secondary N) is 1. The van der Waals surface area contributed by atoms with Gasteiger partial charge >= 0.3 is 0 Å². The lowest BCUT2D eigenvalue weighted by Crippen LogP contribution is -2.35. The molecule has 1 amide bonds. The minimum absolute atomic E-state index is 0.0579. The van der Waals surface area contributed by atoms with Gasteiger partial charge < -0.3 is 10.2 Å². The summed E-state index contributed by atoms with van der Waals surface area (Å²) in [6.07, 6.45) is 7.44. The van der Waals surface area contributed by atoms with Crippen molar-refractivity contribution in [3.63, 3.8) is 0 Å². The third kappa shape index (κ3) is 4.02. The molecule has 3 heterocycles. The van der Waals surface area contributed by atoms with E-state index in [9.17, 15) is 4.79 Å². The molecule has 4 rings (SSSR count). The third-order valence-corrected chi connectivity index (χ3v) is 6.28. The Labute approximate surface area is 168 Å². The highest BCUT2D eigenvalue weighted by molar-refractivity contribution is 7.14. The molecule has 0 radical (unpaired) electrons. The Bertz CT molecular complexity index is 993. The number of amides is 1. The zero-order chi connectivity index (χ0) is 19.7. The number of fused-ring (bicyclic) bond motifs is 1. The zero-order valence-corrected chi connectivity index (χ0v) is 17.2. The van der Waals surface area contributed by atoms with Crippen LogP contribution in [0.15, 0.2) is 24.5 Å². The molecule has 1 aliphatic carbocycles. The van der Waals surface area contributed by atoms with Crippen LogP contribution in [-0.4, -0.2) is 51.1 Å². The molecule has 0 bridgehead atoms. The quantitative estimate of drug-likeness (QED) is 0.726. The lowest BCUT2D eigenvalue weighted by Gasteiger charge is -2.31. The highest BCUT2D eigenvalue weighted by Crippen LogP contribution is 2.29. The molecule has 28 heavy (non-hydrogen) atoms. The molecular formula is C20H24N6OS. The predicted molar refractivity (Wildman–Crippen MR) is 111 cm³/mol. The van der Waals surface area contributed by atoms with E-state index in [1.54, 1.807) is 12.4 Å². The lowest BCUT2D eigenvalue weighted by atomic mass is 9.85. The van der Waals surface area contributed by atoms with Crippen LogP contribution in [-0.2, 0) is 4.79 Å². The minimum Gasteiger partial charge on any atom is -0.310 e. The Morgan fingerprint density at radius 2 is 1.89 bits per heavy atom. The number of carbonyl (C=O) groups is 1. The molecular weight excluding hydrogens is 372 g/mol. The van der Waals surface area contributed by atoms with E-state index in [0.29, 0.717) is 11.9 Å². The number of carbonyl (C=O) groups excluding carboxylic acids is 1. The van der Waals surface area contributed by atoms with Gasteiger partial charge in [-0.15, -0.1) is 10.2 Å². The Morgan fingerprint density at radius 3 is 2.57 bits per heavy atom. The first-order valence-corrected chi connectivity index (χ1v) is 10.3. The van der Waals surface area contributed by atoms with Gasteiger partial charge in [0.05, 0.1) is 11.7 Å². The van der Waals surface area contributed by atoms with Gasteiger partial charge in [-0.2, -0.15) is 0 Å². The van der Waals surface area contributed by atoms with Crippen molar-refractivity contribution in [2.75, 3.05) is 19.4 Å². The van der Waals surface area contributed by atoms with Crippen molar-refractivity contribution in [1.82, 2.24) is 25.1 Å². The van der Waals surface area contributed by atoms with Gasteiger partial charge in [-0.05, 0) is 58.8 Å². The van der Waals surface area contributed by atoms with E-state index in [1.807, 2.05) is 19.1 Å². The van der Waals surface area contributed by atoms with Crippen LogP contribution < -0.4 is 5.32 Å². The van der Waals surface area contributed by atoms with Gasteiger partial charge in [0.2, 0.25) is 5.91 Å². The topological polar surface area (TPSA) is 83.9 Å². The summed E-state index contributed by atoms with van der Waals surface area (Å²) in [6.45, 7) is 1.93. The molecule has 8 heteroatoms. The maximum atomic E-state index is 12.7. The number of aromatic nitrogens is 4. The van der Waals surface area contributed by atoms with E-state index in [1.165, 1.54) is 11.3 Å². The number of hydrogen-bond acceptors (Lipinski definition) is 7. The van der Waals surface area contributed by atoms with Crippen LogP contribution in [0.3, 0.4) is 0 Å². The van der Waals surface area contributed by atoms with Crippen molar-refractivity contribution in [1.29, 1.82) is 0 Å². The molecule has 0 unspecified atom stereocenters. The summed E-state index contributed by atoms with van der Waals surface area (Å²) in [5.41, 5.74) is 1.71. The van der Waals surface area contributed by atoms with Gasteiger partial charge in [0.25, 0.3) is 0 Å². The second kappa shape index (κ2) is 7.89. The summed E-state index contributed by atoms with van der Waals surface area (Å²) in [6, 6.07) is 4.47. The molecule has 3 aromatic rings. The van der Waals surface area contributed by atoms with E-state index < -0.39 is 0 Å². The first-order chi connectivity index (χ1) is 13.5. The van der Waals surface area contributed by atoms with Crippen molar-refractivity contribution < 1.29 is 4.79 Å². The molecule has 0 atom stereocenters. The third-order valence-electron chi connectivity index (χ3n) is 5.39. The molecule has 1 N–H and O–H groups in total. The second-order valence-corrected chi connectivity index (χ2v) is 8.75. The molecule has 7 nitrogen and oxygen atoms in total. The summed E-state index contributed by atoms with van der Waals surface area (Å²) in [5, 5.41) is 13.9. The van der Waals surface area contributed by atoms with Crippen molar-refractivity contribution in [3.8, 4) is 10.6 Å². The Kier molecular flexibility index (Phi) is 5.32. The maximum absolute atomic E-state index is 12.7. The number of pyridine rings is 2. The van der Waals surface area contributed by atoms with Crippen molar-refractivity contribution >= 4 is 34.0 Å². The highest BCUT2D eigenvalue weighted by atomic mass is 32.1. The second-order valence-electron chi connectivity index (χ2n) is 7.57. The molecule has 1 aliphatic rings. The monoisotopic (exact) mass is 396 g/mol. The molecule has 1 fully saturated rings. The van der Waals surface area contributed by atoms with Gasteiger partial charge in [0.1, 0.15) is 15.8 Å². The fourth-order valence-corrected chi connectivity index (χ4v) is 4.38. The first-order valence-electron chi connectivity index (χ1n) is 9.53. The molecule has 1 saturated carbocycles. The smallest absolute Gasteiger partial charge is 0.228 e. The van der Waals surface area contributed by atoms with E-state index >= 15 is 0 Å². The van der Waals surface area contributed by atoms with Crippen LogP contribution in [0.5, 0.6) is 0 Å². The fourth-order valence-electron chi connectivity index (χ4n) is 3.71. The Balaban J connectivity index is 1.49. The van der Waals surface area contributed by atoms with Gasteiger partial charge in [0, 0.05) is 29.1 Å². The van der Waals surface area contributed by atoms with Gasteiger partial charge in [-0.3, -0.25) is 9.78 Å². The lowest BCUT2D eigenvalue weighted by molar-refractivity contribution is -0.121. The summed E-state index contributed by atoms with van der Waals surface area (Å²) in [4.78, 5) is 23.8. The van der Waals surface area contributed by atoms with Gasteiger partial charge in [-0.25, -0.2) is 4.98 Å². The first kappa shape index (κ1) is 18.9. The maximum Gasteiger partial charge on any atom is 0.228 e. The predicted octanol–water partition coefficient (Wildman–Crippen LogP) is 3.52. The molecule has 0 aliphatic heterocycles. The summed E-state index contributed by atoms with van der Waals surface area (Å²) >= 11 is 1.53. The highest BCUT2D eigenvalue weighted by Gasteiger charge is 2.27. The SMILES string of the molecule is Cc1nnc(-c2cnc3cnc(NC(=O)[C@H]4CC[C@H](N(C)C)CC4)cc3c2)s1. The number of aryl methyl sites for hydroxylation is 1. The van der Waals surface area contributed by atoms with Crippen molar-refractivity contribution in [2.45, 2.75) is 38.6 Å². The average molecular weight is 397 g/mol. The number of nitrogens with zero attached hydrogens (tertiary/aromatic N) is 5. The molecule has 146 valence electrons. The number of anilines is 1. The van der Waals surface area contributed by atoms with Crippen LogP contribution in [0, 0.1) is 12.8 Å². The van der Waals surface area contributed by atoms with E-state index in [0.717, 1.165) is 52.2 Å². The van der Waals surface area contributed by atoms with E-state index in [2.05, 4.69) is 44.5 Å². The summed E-state index contributed by atoms with van der Waals surface area (Å²) in [5.74, 6) is 0.690. The van der Waals surface area contributed by atoms with E-state index in [4.69, 9.17) is 0 Å². The normalized spacial score (nSPS) is 19.9. The molecule has 0 aromatic carbocycles. The summed E-state index contributed by atoms with van der Waals surface area (Å²) < 4.78 is 0. The molecule has 0 saturated heterocycles. The standard InChI is InChI=1S/C20H24N6OS/c1-12-24-25-20(28-12)15-8-14-9-18(22-11-17(14)21-10-15)23-19(27)13-4-6-16(7-5-13)26(2)3/h8-11,13,16H,4-7H2,1-3H3,(H,22,23,27)/t13-,16-. The largest absolute Gasteiger partial charge is 0.310 e. The van der Waals surface area contributed by atoms with Crippen molar-refractivity contribution in [2.24, 2.45) is 5.92 Å². The van der Waals surface area contributed by atoms with Crippen LogP contribution >= 0.6 is 11.3 Å². The zero-order valence-electron chi connectivity index (χ0n) is 16.3. The van der Waals surface area contributed by atoms with Crippen LogP contribution in [0.4, 0.5) is 5.82 Å². The molecule has 3 aromatic heterocycles. The molecule has 0 spiro atoms. The fraction of sp³-hybridized carbons (Fsp3) is 0.450. The Hall–Kier alpha value is -2.45. The Morgan fingerprint density at radius 1 is 1.11 bits per heavy atom. The number of hydrogen-bond donors (Lipinski definition) is 1. The van der Waals surface area contributed by atoms with Crippen molar-refractivity contribution in [3.05, 3.63) is 29.5 Å². The summed E-state index contributed by atoms with van der Waals surface area (Å²) in [7, 11) is 4.21. The van der Waals surface area contributed by atoms with Crippen LogP contribution in [0.25, 0.3) is 21.5 Å². The minimum atomic E-state index is 0.0579. The van der Waals surface area contributed by atoms with Gasteiger partial charge in [-0.1, -0.05) is 11.3 Å². The van der Waals surface area contributed by atoms with Gasteiger partial charge in [0.15, 0.2) is 0 Å². The van der Waals surface area contributed by atoms with E-state index in [-0.39, 0.29) is 11.8 Å². The average Bonchev–Trinajstić information content (AvgIpc) is 3.14. The van der Waals surface area contributed by atoms with Crippen LogP contribution in [0.1, 0.15) is 30.7 Å². The number of rotatable bonds is 4.